The fourth-order valence-corrected chi connectivity index (χ4v) is 3.82. The molecular formula is C23H27NO5. The number of rotatable bonds is 4. The Kier molecular flexibility index (Phi) is 5.66. The van der Waals surface area contributed by atoms with E-state index in [9.17, 15) is 14.7 Å². The summed E-state index contributed by atoms with van der Waals surface area (Å²) in [7, 11) is 1.26. The minimum absolute atomic E-state index is 0.582. The highest BCUT2D eigenvalue weighted by atomic mass is 16.6. The molecule has 154 valence electrons. The number of ether oxygens (including phenoxy) is 2. The molecule has 0 heterocycles. The van der Waals surface area contributed by atoms with Crippen molar-refractivity contribution < 1.29 is 24.2 Å². The summed E-state index contributed by atoms with van der Waals surface area (Å²) in [6.07, 6.45) is -1.87. The number of nitrogens with zero attached hydrogens (tertiary/aromatic N) is 1. The van der Waals surface area contributed by atoms with Crippen molar-refractivity contribution in [1.82, 2.24) is 4.90 Å². The molecule has 0 bridgehead atoms. The van der Waals surface area contributed by atoms with Crippen LogP contribution in [0.25, 0.3) is 11.1 Å². The Morgan fingerprint density at radius 2 is 1.48 bits per heavy atom. The largest absolute Gasteiger partial charge is 0.458 e. The number of benzene rings is 2. The summed E-state index contributed by atoms with van der Waals surface area (Å²) in [4.78, 5) is 27.2. The van der Waals surface area contributed by atoms with Gasteiger partial charge in [-0.05, 0) is 49.9 Å². The van der Waals surface area contributed by atoms with Crippen molar-refractivity contribution in [2.45, 2.75) is 51.5 Å². The van der Waals surface area contributed by atoms with Gasteiger partial charge in [0.2, 0.25) is 0 Å². The fourth-order valence-electron chi connectivity index (χ4n) is 3.82. The second-order valence-corrected chi connectivity index (χ2v) is 8.17. The van der Waals surface area contributed by atoms with Crippen LogP contribution < -0.4 is 0 Å². The third-order valence-electron chi connectivity index (χ3n) is 4.87. The average Bonchev–Trinajstić information content (AvgIpc) is 2.98. The first-order valence-corrected chi connectivity index (χ1v) is 9.61. The molecule has 1 amide bonds. The molecule has 2 atom stereocenters. The SMILES string of the molecule is COC(=O)N(C1c2ccccc2-c2ccccc21)[C@H](C(=O)OC(C)(C)C)[C@@H](C)O. The van der Waals surface area contributed by atoms with Crippen LogP contribution in [0.3, 0.4) is 0 Å². The molecular weight excluding hydrogens is 370 g/mol. The summed E-state index contributed by atoms with van der Waals surface area (Å²) in [5, 5.41) is 10.5. The number of hydrogen-bond donors (Lipinski definition) is 1. The number of hydrogen-bond acceptors (Lipinski definition) is 5. The van der Waals surface area contributed by atoms with E-state index in [0.717, 1.165) is 22.3 Å². The van der Waals surface area contributed by atoms with E-state index in [0.29, 0.717) is 0 Å². The number of esters is 1. The van der Waals surface area contributed by atoms with Gasteiger partial charge in [0.1, 0.15) is 5.60 Å². The highest BCUT2D eigenvalue weighted by molar-refractivity contribution is 5.86. The van der Waals surface area contributed by atoms with Crippen molar-refractivity contribution in [1.29, 1.82) is 0 Å². The van der Waals surface area contributed by atoms with Crippen LogP contribution in [-0.2, 0) is 14.3 Å². The van der Waals surface area contributed by atoms with Gasteiger partial charge in [-0.15, -0.1) is 0 Å². The van der Waals surface area contributed by atoms with Gasteiger partial charge in [0, 0.05) is 0 Å². The lowest BCUT2D eigenvalue weighted by Gasteiger charge is -2.37. The summed E-state index contributed by atoms with van der Waals surface area (Å²) in [5.74, 6) is -0.681. The van der Waals surface area contributed by atoms with Crippen LogP contribution in [-0.4, -0.2) is 46.9 Å². The van der Waals surface area contributed by atoms with Gasteiger partial charge in [0.15, 0.2) is 6.04 Å². The van der Waals surface area contributed by atoms with Crippen molar-refractivity contribution in [3.05, 3.63) is 59.7 Å². The third-order valence-corrected chi connectivity index (χ3v) is 4.87. The number of carbonyl (C=O) groups is 2. The molecule has 6 heteroatoms. The zero-order chi connectivity index (χ0) is 21.3. The minimum atomic E-state index is -1.23. The van der Waals surface area contributed by atoms with Gasteiger partial charge in [-0.3, -0.25) is 4.90 Å². The second kappa shape index (κ2) is 7.87. The molecule has 2 aromatic carbocycles. The van der Waals surface area contributed by atoms with Crippen LogP contribution in [0.1, 0.15) is 44.9 Å². The first-order chi connectivity index (χ1) is 13.7. The maximum absolute atomic E-state index is 13.0. The molecule has 0 radical (unpaired) electrons. The summed E-state index contributed by atoms with van der Waals surface area (Å²) in [6.45, 7) is 6.70. The number of carbonyl (C=O) groups excluding carboxylic acids is 2. The van der Waals surface area contributed by atoms with Crippen molar-refractivity contribution in [3.8, 4) is 11.1 Å². The van der Waals surface area contributed by atoms with Crippen molar-refractivity contribution in [3.63, 3.8) is 0 Å². The van der Waals surface area contributed by atoms with Crippen molar-refractivity contribution >= 4 is 12.1 Å². The summed E-state index contributed by atoms with van der Waals surface area (Å²) in [6, 6.07) is 13.6. The third kappa shape index (κ3) is 3.98. The topological polar surface area (TPSA) is 76.1 Å². The van der Waals surface area contributed by atoms with Crippen molar-refractivity contribution in [2.75, 3.05) is 7.11 Å². The maximum atomic E-state index is 13.0. The molecule has 0 unspecified atom stereocenters. The number of fused-ring (bicyclic) bond motifs is 3. The van der Waals surface area contributed by atoms with Gasteiger partial charge in [-0.25, -0.2) is 9.59 Å². The van der Waals surface area contributed by atoms with Crippen LogP contribution in [0.2, 0.25) is 0 Å². The van der Waals surface area contributed by atoms with E-state index >= 15 is 0 Å². The minimum Gasteiger partial charge on any atom is -0.458 e. The van der Waals surface area contributed by atoms with E-state index in [1.807, 2.05) is 48.5 Å². The summed E-state index contributed by atoms with van der Waals surface area (Å²) >= 11 is 0. The molecule has 0 saturated carbocycles. The summed E-state index contributed by atoms with van der Waals surface area (Å²) < 4.78 is 10.6. The highest BCUT2D eigenvalue weighted by Crippen LogP contribution is 2.47. The first-order valence-electron chi connectivity index (χ1n) is 9.61. The van der Waals surface area contributed by atoms with E-state index in [1.54, 1.807) is 20.8 Å². The molecule has 29 heavy (non-hydrogen) atoms. The molecule has 6 nitrogen and oxygen atoms in total. The monoisotopic (exact) mass is 397 g/mol. The zero-order valence-electron chi connectivity index (χ0n) is 17.4. The Morgan fingerprint density at radius 1 is 1.00 bits per heavy atom. The smallest absolute Gasteiger partial charge is 0.411 e. The van der Waals surface area contributed by atoms with Gasteiger partial charge in [0.25, 0.3) is 0 Å². The lowest BCUT2D eigenvalue weighted by molar-refractivity contribution is -0.165. The van der Waals surface area contributed by atoms with Crippen LogP contribution in [0.5, 0.6) is 0 Å². The van der Waals surface area contributed by atoms with Gasteiger partial charge >= 0.3 is 12.1 Å². The fraction of sp³-hybridized carbons (Fsp3) is 0.391. The van der Waals surface area contributed by atoms with Gasteiger partial charge in [0.05, 0.1) is 19.3 Å². The normalized spacial score (nSPS) is 15.1. The van der Waals surface area contributed by atoms with Crippen molar-refractivity contribution in [2.24, 2.45) is 0 Å². The zero-order valence-corrected chi connectivity index (χ0v) is 17.4. The molecule has 0 spiro atoms. The van der Waals surface area contributed by atoms with Gasteiger partial charge < -0.3 is 14.6 Å². The lowest BCUT2D eigenvalue weighted by atomic mass is 9.99. The van der Waals surface area contributed by atoms with Gasteiger partial charge in [-0.2, -0.15) is 0 Å². The van der Waals surface area contributed by atoms with Crippen LogP contribution in [0, 0.1) is 0 Å². The predicted octanol–water partition coefficient (Wildman–Crippen LogP) is 3.92. The highest BCUT2D eigenvalue weighted by Gasteiger charge is 2.45. The molecule has 3 rings (SSSR count). The predicted molar refractivity (Wildman–Crippen MR) is 109 cm³/mol. The number of amides is 1. The average molecular weight is 397 g/mol. The quantitative estimate of drug-likeness (QED) is 0.792. The van der Waals surface area contributed by atoms with E-state index in [-0.39, 0.29) is 0 Å². The van der Waals surface area contributed by atoms with Crippen LogP contribution >= 0.6 is 0 Å². The lowest BCUT2D eigenvalue weighted by Crippen LogP contribution is -2.54. The number of methoxy groups -OCH3 is 1. The molecule has 1 aliphatic carbocycles. The first kappa shape index (κ1) is 20.9. The Balaban J connectivity index is 2.16. The molecule has 0 fully saturated rings. The number of aliphatic hydroxyl groups is 1. The van der Waals surface area contributed by atoms with Crippen LogP contribution in [0.15, 0.2) is 48.5 Å². The Bertz CT molecular complexity index is 870. The Labute approximate surface area is 171 Å². The molecule has 0 aliphatic heterocycles. The maximum Gasteiger partial charge on any atom is 0.411 e. The Hall–Kier alpha value is -2.86. The van der Waals surface area contributed by atoms with Crippen LogP contribution in [0.4, 0.5) is 4.79 Å². The molecule has 2 aromatic rings. The molecule has 1 N–H and O–H groups in total. The molecule has 0 saturated heterocycles. The molecule has 1 aliphatic rings. The van der Waals surface area contributed by atoms with Gasteiger partial charge in [-0.1, -0.05) is 48.5 Å². The molecule has 0 aromatic heterocycles. The van der Waals surface area contributed by atoms with E-state index < -0.39 is 35.9 Å². The standard InChI is InChI=1S/C23H27NO5/c1-14(25)19(21(26)29-23(2,3)4)24(22(27)28-5)20-17-12-8-6-10-15(17)16-11-7-9-13-18(16)20/h6-14,19-20,25H,1-5H3/t14-,19+/m1/s1. The summed E-state index contributed by atoms with van der Waals surface area (Å²) in [5.41, 5.74) is 2.94. The van der Waals surface area contributed by atoms with E-state index in [2.05, 4.69) is 0 Å². The Morgan fingerprint density at radius 3 is 1.90 bits per heavy atom. The van der Waals surface area contributed by atoms with E-state index in [4.69, 9.17) is 9.47 Å². The van der Waals surface area contributed by atoms with E-state index in [1.165, 1.54) is 18.9 Å². The number of aliphatic hydroxyl groups excluding tert-OH is 1. The second-order valence-electron chi connectivity index (χ2n) is 8.17.